The molecule has 0 amide bonds. The zero-order valence-corrected chi connectivity index (χ0v) is 13.7. The van der Waals surface area contributed by atoms with E-state index in [0.29, 0.717) is 0 Å². The first-order chi connectivity index (χ1) is 6.45. The molecule has 2 saturated heterocycles. The Kier molecular flexibility index (Phi) is 13.3. The number of hydrogen-bond donors (Lipinski definition) is 2. The van der Waals surface area contributed by atoms with Crippen molar-refractivity contribution in [3.63, 3.8) is 0 Å². The summed E-state index contributed by atoms with van der Waals surface area (Å²) in [6.07, 6.45) is 0. The molecule has 2 heterocycles. The Morgan fingerprint density at radius 2 is 1.00 bits per heavy atom. The minimum Gasteiger partial charge on any atom is -0.358 e. The Hall–Kier alpha value is 0.944. The van der Waals surface area contributed by atoms with Crippen LogP contribution in [-0.4, -0.2) is 68.8 Å². The number of rotatable bonds is 2. The molecule has 0 bridgehead atoms. The van der Waals surface area contributed by atoms with Crippen molar-refractivity contribution in [3.05, 3.63) is 14.9 Å². The molecule has 2 fully saturated rings. The van der Waals surface area contributed by atoms with Gasteiger partial charge in [0.05, 0.1) is 6.67 Å². The van der Waals surface area contributed by atoms with Crippen LogP contribution in [0.25, 0.3) is 0 Å². The standard InChI is InChI=1S/C9H20N4.2CH3.Y/c1-5-12(6-2-10-1)9-13-7-3-11-4-8-13;;;/h10-11H,1-9H2;2*1H3;/q;2*-1;. The van der Waals surface area contributed by atoms with E-state index in [-0.39, 0.29) is 47.6 Å². The van der Waals surface area contributed by atoms with Gasteiger partial charge in [0.2, 0.25) is 0 Å². The smallest absolute Gasteiger partial charge is 0.0508 e. The number of hydrogen-bond acceptors (Lipinski definition) is 4. The second-order valence-corrected chi connectivity index (χ2v) is 3.88. The Balaban J connectivity index is 0. The van der Waals surface area contributed by atoms with Crippen LogP contribution in [0.4, 0.5) is 0 Å². The summed E-state index contributed by atoms with van der Waals surface area (Å²) in [5.41, 5.74) is 0. The molecule has 0 aromatic heterocycles. The zero-order chi connectivity index (χ0) is 8.93. The van der Waals surface area contributed by atoms with Crippen molar-refractivity contribution in [2.45, 2.75) is 0 Å². The van der Waals surface area contributed by atoms with Crippen molar-refractivity contribution < 1.29 is 32.7 Å². The summed E-state index contributed by atoms with van der Waals surface area (Å²) in [6.45, 7) is 10.7. The maximum atomic E-state index is 3.38. The monoisotopic (exact) mass is 303 g/mol. The van der Waals surface area contributed by atoms with Crippen LogP contribution in [0.2, 0.25) is 0 Å². The molecule has 0 spiro atoms. The van der Waals surface area contributed by atoms with E-state index in [1.54, 1.807) is 0 Å². The van der Waals surface area contributed by atoms with Crippen LogP contribution < -0.4 is 10.6 Å². The van der Waals surface area contributed by atoms with Crippen molar-refractivity contribution in [3.8, 4) is 0 Å². The maximum absolute atomic E-state index is 3.38. The molecule has 0 unspecified atom stereocenters. The van der Waals surface area contributed by atoms with E-state index in [1.807, 2.05) is 0 Å². The fraction of sp³-hybridized carbons (Fsp3) is 0.818. The van der Waals surface area contributed by atoms with Gasteiger partial charge in [-0.2, -0.15) is 0 Å². The molecule has 0 aromatic carbocycles. The van der Waals surface area contributed by atoms with E-state index in [9.17, 15) is 0 Å². The zero-order valence-electron chi connectivity index (χ0n) is 10.8. The van der Waals surface area contributed by atoms with Crippen LogP contribution in [0.5, 0.6) is 0 Å². The largest absolute Gasteiger partial charge is 0.358 e. The summed E-state index contributed by atoms with van der Waals surface area (Å²) in [6, 6.07) is 0. The van der Waals surface area contributed by atoms with Crippen LogP contribution in [0, 0.1) is 14.9 Å². The van der Waals surface area contributed by atoms with Crippen LogP contribution in [-0.2, 0) is 32.7 Å². The molecule has 2 rings (SSSR count). The quantitative estimate of drug-likeness (QED) is 0.683. The molecule has 2 aliphatic heterocycles. The Morgan fingerprint density at radius 3 is 1.31 bits per heavy atom. The second kappa shape index (κ2) is 11.1. The van der Waals surface area contributed by atoms with E-state index < -0.39 is 0 Å². The molecule has 95 valence electrons. The van der Waals surface area contributed by atoms with Crippen LogP contribution in [0.1, 0.15) is 0 Å². The third-order valence-corrected chi connectivity index (χ3v) is 2.82. The first kappa shape index (κ1) is 19.3. The van der Waals surface area contributed by atoms with Crippen LogP contribution >= 0.6 is 0 Å². The molecule has 1 radical (unpaired) electrons. The third kappa shape index (κ3) is 6.62. The molecule has 16 heavy (non-hydrogen) atoms. The third-order valence-electron chi connectivity index (χ3n) is 2.82. The van der Waals surface area contributed by atoms with E-state index in [4.69, 9.17) is 0 Å². The molecule has 5 heteroatoms. The van der Waals surface area contributed by atoms with Gasteiger partial charge in [-0.3, -0.25) is 9.80 Å². The van der Waals surface area contributed by atoms with Crippen LogP contribution in [0.15, 0.2) is 0 Å². The van der Waals surface area contributed by atoms with Crippen molar-refractivity contribution in [1.29, 1.82) is 0 Å². The average molecular weight is 303 g/mol. The predicted molar refractivity (Wildman–Crippen MR) is 66.6 cm³/mol. The van der Waals surface area contributed by atoms with Gasteiger partial charge >= 0.3 is 0 Å². The number of nitrogens with zero attached hydrogens (tertiary/aromatic N) is 2. The average Bonchev–Trinajstić information content (AvgIpc) is 2.21. The minimum atomic E-state index is 0. The predicted octanol–water partition coefficient (Wildman–Crippen LogP) is -0.348. The van der Waals surface area contributed by atoms with Crippen molar-refractivity contribution in [1.82, 2.24) is 20.4 Å². The van der Waals surface area contributed by atoms with Gasteiger partial charge in [0, 0.05) is 85.1 Å². The van der Waals surface area contributed by atoms with Crippen molar-refractivity contribution >= 4 is 0 Å². The van der Waals surface area contributed by atoms with Gasteiger partial charge in [-0.05, 0) is 0 Å². The molecule has 4 nitrogen and oxygen atoms in total. The van der Waals surface area contributed by atoms with E-state index >= 15 is 0 Å². The van der Waals surface area contributed by atoms with Gasteiger partial charge < -0.3 is 25.5 Å². The molecule has 2 N–H and O–H groups in total. The molecular formula is C11H26N4Y-2. The summed E-state index contributed by atoms with van der Waals surface area (Å²) >= 11 is 0. The topological polar surface area (TPSA) is 30.5 Å². The van der Waals surface area contributed by atoms with Gasteiger partial charge in [-0.15, -0.1) is 0 Å². The first-order valence-corrected chi connectivity index (χ1v) is 5.31. The number of nitrogens with one attached hydrogen (secondary N) is 2. The maximum Gasteiger partial charge on any atom is 0.0508 e. The molecule has 0 saturated carbocycles. The first-order valence-electron chi connectivity index (χ1n) is 5.31. The van der Waals surface area contributed by atoms with Crippen molar-refractivity contribution in [2.75, 3.05) is 59.0 Å². The SMILES string of the molecule is C1CN(CN2CCNCC2)CCN1.[CH3-].[CH3-].[Y]. The van der Waals surface area contributed by atoms with E-state index in [2.05, 4.69) is 20.4 Å². The van der Waals surface area contributed by atoms with E-state index in [0.717, 1.165) is 26.2 Å². The van der Waals surface area contributed by atoms with Crippen molar-refractivity contribution in [2.24, 2.45) is 0 Å². The molecule has 0 atom stereocenters. The molecule has 0 aromatic rings. The van der Waals surface area contributed by atoms with Gasteiger partial charge in [-0.1, -0.05) is 0 Å². The summed E-state index contributed by atoms with van der Waals surface area (Å²) in [5, 5.41) is 6.76. The summed E-state index contributed by atoms with van der Waals surface area (Å²) in [5.74, 6) is 0. The molecular weight excluding hydrogens is 277 g/mol. The van der Waals surface area contributed by atoms with Crippen LogP contribution in [0.3, 0.4) is 0 Å². The molecule has 0 aliphatic carbocycles. The summed E-state index contributed by atoms with van der Waals surface area (Å²) < 4.78 is 0. The van der Waals surface area contributed by atoms with Gasteiger partial charge in [-0.25, -0.2) is 0 Å². The second-order valence-electron chi connectivity index (χ2n) is 3.88. The Bertz CT molecular complexity index is 129. The Labute approximate surface area is 126 Å². The molecule has 2 aliphatic rings. The normalized spacial score (nSPS) is 22.5. The minimum absolute atomic E-state index is 0. The fourth-order valence-electron chi connectivity index (χ4n) is 1.99. The van der Waals surface area contributed by atoms with Gasteiger partial charge in [0.25, 0.3) is 0 Å². The van der Waals surface area contributed by atoms with Gasteiger partial charge in [0.15, 0.2) is 0 Å². The fourth-order valence-corrected chi connectivity index (χ4v) is 1.99. The summed E-state index contributed by atoms with van der Waals surface area (Å²) in [7, 11) is 0. The number of piperazine rings is 2. The van der Waals surface area contributed by atoms with E-state index in [1.165, 1.54) is 32.8 Å². The Morgan fingerprint density at radius 1 is 0.688 bits per heavy atom. The van der Waals surface area contributed by atoms with Gasteiger partial charge in [0.1, 0.15) is 0 Å². The summed E-state index contributed by atoms with van der Waals surface area (Å²) in [4.78, 5) is 5.09.